The molecule has 0 saturated carbocycles. The largest absolute Gasteiger partial charge is 0.487 e. The number of anilines is 1. The zero-order valence-electron chi connectivity index (χ0n) is 22.7. The highest BCUT2D eigenvalue weighted by Crippen LogP contribution is 2.38. The highest BCUT2D eigenvalue weighted by Gasteiger charge is 2.25. The van der Waals surface area contributed by atoms with Gasteiger partial charge in [0, 0.05) is 7.05 Å². The molecular formula is C28H33N5O5S. The lowest BCUT2D eigenvalue weighted by Gasteiger charge is -2.19. The highest BCUT2D eigenvalue weighted by atomic mass is 32.2. The van der Waals surface area contributed by atoms with Gasteiger partial charge in [-0.25, -0.2) is 23.1 Å². The van der Waals surface area contributed by atoms with Crippen LogP contribution in [0.25, 0.3) is 11.1 Å². The van der Waals surface area contributed by atoms with E-state index >= 15 is 0 Å². The molecule has 4 aromatic rings. The molecular weight excluding hydrogens is 518 g/mol. The van der Waals surface area contributed by atoms with Gasteiger partial charge < -0.3 is 14.6 Å². The van der Waals surface area contributed by atoms with Crippen LogP contribution < -0.4 is 14.2 Å². The Labute approximate surface area is 228 Å². The van der Waals surface area contributed by atoms with Crippen molar-refractivity contribution < 1.29 is 23.0 Å². The molecule has 2 aromatic carbocycles. The Bertz CT molecular complexity index is 1510. The zero-order valence-corrected chi connectivity index (χ0v) is 23.5. The lowest BCUT2D eigenvalue weighted by atomic mass is 9.87. The summed E-state index contributed by atoms with van der Waals surface area (Å²) in [5.41, 5.74) is 3.27. The summed E-state index contributed by atoms with van der Waals surface area (Å²) in [6, 6.07) is 14.5. The van der Waals surface area contributed by atoms with Crippen molar-refractivity contribution in [2.75, 3.05) is 17.9 Å². The summed E-state index contributed by atoms with van der Waals surface area (Å²) >= 11 is 0. The van der Waals surface area contributed by atoms with E-state index in [0.717, 1.165) is 16.7 Å². The monoisotopic (exact) mass is 551 g/mol. The van der Waals surface area contributed by atoms with Crippen molar-refractivity contribution in [3.8, 4) is 22.8 Å². The van der Waals surface area contributed by atoms with Crippen molar-refractivity contribution in [2.24, 2.45) is 7.05 Å². The van der Waals surface area contributed by atoms with E-state index < -0.39 is 10.0 Å². The molecule has 39 heavy (non-hydrogen) atoms. The summed E-state index contributed by atoms with van der Waals surface area (Å²) in [6.07, 6.45) is 2.94. The van der Waals surface area contributed by atoms with E-state index in [1.807, 2.05) is 43.3 Å². The predicted molar refractivity (Wildman–Crippen MR) is 148 cm³/mol. The molecule has 206 valence electrons. The van der Waals surface area contributed by atoms with Gasteiger partial charge in [-0.15, -0.1) is 5.10 Å². The quantitative estimate of drug-likeness (QED) is 0.280. The number of aliphatic hydroxyl groups is 1. The summed E-state index contributed by atoms with van der Waals surface area (Å²) in [5.74, 6) is 1.27. The fraction of sp³-hybridized carbons (Fsp3) is 0.321. The maximum absolute atomic E-state index is 13.4. The molecule has 0 unspecified atom stereocenters. The predicted octanol–water partition coefficient (Wildman–Crippen LogP) is 4.23. The van der Waals surface area contributed by atoms with Crippen molar-refractivity contribution in [3.05, 3.63) is 77.9 Å². The molecule has 0 aliphatic carbocycles. The van der Waals surface area contributed by atoms with Gasteiger partial charge in [0.15, 0.2) is 11.6 Å². The fourth-order valence-electron chi connectivity index (χ4n) is 3.82. The van der Waals surface area contributed by atoms with Crippen LogP contribution in [0.15, 0.2) is 65.8 Å². The van der Waals surface area contributed by atoms with Gasteiger partial charge in [-0.3, -0.25) is 4.72 Å². The van der Waals surface area contributed by atoms with Gasteiger partial charge in [0.1, 0.15) is 25.6 Å². The maximum Gasteiger partial charge on any atom is 0.263 e. The second-order valence-electron chi connectivity index (χ2n) is 10.1. The van der Waals surface area contributed by atoms with Crippen LogP contribution >= 0.6 is 0 Å². The van der Waals surface area contributed by atoms with Gasteiger partial charge in [-0.1, -0.05) is 62.7 Å². The molecule has 0 radical (unpaired) electrons. The number of ether oxygens (including phenoxy) is 2. The average molecular weight is 552 g/mol. The first-order valence-electron chi connectivity index (χ1n) is 12.4. The van der Waals surface area contributed by atoms with Crippen molar-refractivity contribution in [1.29, 1.82) is 0 Å². The van der Waals surface area contributed by atoms with Crippen LogP contribution in [0.1, 0.15) is 37.7 Å². The molecule has 0 aliphatic heterocycles. The summed E-state index contributed by atoms with van der Waals surface area (Å²) in [5, 5.41) is 13.5. The zero-order chi connectivity index (χ0) is 28.2. The van der Waals surface area contributed by atoms with E-state index in [4.69, 9.17) is 14.6 Å². The molecule has 0 amide bonds. The number of sulfonamides is 1. The van der Waals surface area contributed by atoms with E-state index in [1.165, 1.54) is 17.1 Å². The number of aliphatic hydroxyl groups excluding tert-OH is 1. The van der Waals surface area contributed by atoms with Crippen LogP contribution in [0.4, 0.5) is 5.82 Å². The van der Waals surface area contributed by atoms with E-state index in [1.54, 1.807) is 19.2 Å². The molecule has 0 bridgehead atoms. The fourth-order valence-corrected chi connectivity index (χ4v) is 4.92. The Hall–Kier alpha value is -3.96. The van der Waals surface area contributed by atoms with E-state index in [-0.39, 0.29) is 41.8 Å². The van der Waals surface area contributed by atoms with Gasteiger partial charge in [0.2, 0.25) is 5.88 Å². The SMILES string of the molecule is Cc1ccc(-c2c(OCCOc3cnc(CO)nc3)nn(C)c2NS(=O)(=O)c2ccc(C(C)(C)C)cc2)cc1. The molecule has 0 atom stereocenters. The number of aromatic nitrogens is 4. The van der Waals surface area contributed by atoms with E-state index in [0.29, 0.717) is 17.1 Å². The third-order valence-corrected chi connectivity index (χ3v) is 7.39. The van der Waals surface area contributed by atoms with Crippen molar-refractivity contribution >= 4 is 15.8 Å². The summed E-state index contributed by atoms with van der Waals surface area (Å²) < 4.78 is 42.5. The molecule has 0 fully saturated rings. The Morgan fingerprint density at radius 3 is 2.15 bits per heavy atom. The van der Waals surface area contributed by atoms with Gasteiger partial charge in [0.25, 0.3) is 10.0 Å². The standard InChI is InChI=1S/C28H33N5O5S/c1-19-6-8-20(9-7-19)25-26(32-39(35,36)23-12-10-21(11-13-23)28(2,3)4)33(5)31-27(25)38-15-14-37-22-16-29-24(18-34)30-17-22/h6-13,16-17,32,34H,14-15,18H2,1-5H3. The number of nitrogens with one attached hydrogen (secondary N) is 1. The normalized spacial score (nSPS) is 11.8. The van der Waals surface area contributed by atoms with Crippen LogP contribution in [-0.2, 0) is 29.1 Å². The molecule has 0 aliphatic rings. The van der Waals surface area contributed by atoms with Gasteiger partial charge >= 0.3 is 0 Å². The number of rotatable bonds is 10. The molecule has 11 heteroatoms. The van der Waals surface area contributed by atoms with Crippen LogP contribution in [0.2, 0.25) is 0 Å². The molecule has 0 spiro atoms. The van der Waals surface area contributed by atoms with Gasteiger partial charge in [0.05, 0.1) is 22.9 Å². The number of benzene rings is 2. The first kappa shape index (κ1) is 28.1. The van der Waals surface area contributed by atoms with Crippen LogP contribution in [0.5, 0.6) is 11.6 Å². The summed E-state index contributed by atoms with van der Waals surface area (Å²) in [6.45, 7) is 8.26. The number of hydrogen-bond donors (Lipinski definition) is 2. The smallest absolute Gasteiger partial charge is 0.263 e. The Kier molecular flexibility index (Phi) is 8.22. The minimum absolute atomic E-state index is 0.0950. The number of aryl methyl sites for hydroxylation is 2. The average Bonchev–Trinajstić information content (AvgIpc) is 3.21. The summed E-state index contributed by atoms with van der Waals surface area (Å²) in [7, 11) is -2.26. The second kappa shape index (κ2) is 11.4. The maximum atomic E-state index is 13.4. The highest BCUT2D eigenvalue weighted by molar-refractivity contribution is 7.92. The first-order valence-corrected chi connectivity index (χ1v) is 13.9. The lowest BCUT2D eigenvalue weighted by Crippen LogP contribution is -2.17. The second-order valence-corrected chi connectivity index (χ2v) is 11.8. The lowest BCUT2D eigenvalue weighted by molar-refractivity contribution is 0.210. The molecule has 10 nitrogen and oxygen atoms in total. The molecule has 2 N–H and O–H groups in total. The van der Waals surface area contributed by atoms with Gasteiger partial charge in [-0.2, -0.15) is 0 Å². The Morgan fingerprint density at radius 1 is 0.949 bits per heavy atom. The van der Waals surface area contributed by atoms with Crippen molar-refractivity contribution in [2.45, 2.75) is 44.6 Å². The molecule has 0 saturated heterocycles. The first-order chi connectivity index (χ1) is 18.5. The summed E-state index contributed by atoms with van der Waals surface area (Å²) in [4.78, 5) is 8.11. The van der Waals surface area contributed by atoms with Crippen LogP contribution in [0, 0.1) is 6.92 Å². The molecule has 4 rings (SSSR count). The van der Waals surface area contributed by atoms with Crippen LogP contribution in [-0.4, -0.2) is 46.5 Å². The molecule has 2 heterocycles. The van der Waals surface area contributed by atoms with Gasteiger partial charge in [-0.05, 0) is 35.6 Å². The van der Waals surface area contributed by atoms with Crippen LogP contribution in [0.3, 0.4) is 0 Å². The third kappa shape index (κ3) is 6.73. The number of hydrogen-bond acceptors (Lipinski definition) is 8. The minimum Gasteiger partial charge on any atom is -0.487 e. The Balaban J connectivity index is 1.58. The molecule has 2 aromatic heterocycles. The Morgan fingerprint density at radius 2 is 1.56 bits per heavy atom. The van der Waals surface area contributed by atoms with E-state index in [9.17, 15) is 8.42 Å². The van der Waals surface area contributed by atoms with Crippen molar-refractivity contribution in [1.82, 2.24) is 19.7 Å². The van der Waals surface area contributed by atoms with E-state index in [2.05, 4.69) is 40.6 Å². The van der Waals surface area contributed by atoms with Crippen molar-refractivity contribution in [3.63, 3.8) is 0 Å². The number of nitrogens with zero attached hydrogens (tertiary/aromatic N) is 4. The third-order valence-electron chi connectivity index (χ3n) is 6.03. The topological polar surface area (TPSA) is 128 Å². The minimum atomic E-state index is -3.91.